The molecule has 0 radical (unpaired) electrons. The summed E-state index contributed by atoms with van der Waals surface area (Å²) in [5.74, 6) is 1.79. The Balaban J connectivity index is 0.685. The number of anilines is 9. The van der Waals surface area contributed by atoms with Crippen LogP contribution in [0.25, 0.3) is 69.8 Å². The van der Waals surface area contributed by atoms with Gasteiger partial charge in [0.1, 0.15) is 17.2 Å². The maximum absolute atomic E-state index is 6.60. The Bertz CT molecular complexity index is 3890. The van der Waals surface area contributed by atoms with Crippen LogP contribution < -0.4 is 28.7 Å². The third-order valence-electron chi connectivity index (χ3n) is 16.0. The van der Waals surface area contributed by atoms with Crippen molar-refractivity contribution in [1.29, 1.82) is 0 Å². The van der Waals surface area contributed by atoms with Crippen LogP contribution in [0.2, 0.25) is 0 Å². The summed E-state index contributed by atoms with van der Waals surface area (Å²) < 4.78 is 19.8. The molecule has 0 aliphatic carbocycles. The Hall–Kier alpha value is -11.3. The first kappa shape index (κ1) is 50.7. The van der Waals surface area contributed by atoms with Gasteiger partial charge in [0.2, 0.25) is 0 Å². The second kappa shape index (κ2) is 22.2. The van der Waals surface area contributed by atoms with E-state index in [9.17, 15) is 0 Å². The van der Waals surface area contributed by atoms with Crippen LogP contribution in [0.3, 0.4) is 0 Å². The number of benzene rings is 12. The lowest BCUT2D eigenvalue weighted by molar-refractivity contribution is 0.307. The van der Waals surface area contributed by atoms with Crippen molar-refractivity contribution in [3.63, 3.8) is 0 Å². The van der Waals surface area contributed by atoms with E-state index in [2.05, 4.69) is 306 Å². The van der Waals surface area contributed by atoms with Crippen molar-refractivity contribution in [2.45, 2.75) is 0 Å². The molecular formula is C78H54BN3O3. The zero-order chi connectivity index (χ0) is 56.5. The van der Waals surface area contributed by atoms with Gasteiger partial charge in [0.05, 0.1) is 34.1 Å². The molecule has 0 atom stereocenters. The van der Waals surface area contributed by atoms with Crippen molar-refractivity contribution < 1.29 is 14.0 Å². The van der Waals surface area contributed by atoms with Gasteiger partial charge < -0.3 is 28.7 Å². The quantitative estimate of drug-likeness (QED) is 0.114. The molecule has 0 aromatic heterocycles. The minimum atomic E-state index is -1.13. The van der Waals surface area contributed by atoms with Crippen molar-refractivity contribution in [2.75, 3.05) is 14.7 Å². The van der Waals surface area contributed by atoms with E-state index < -0.39 is 7.32 Å². The minimum absolute atomic E-state index is 0.597. The molecule has 85 heavy (non-hydrogen) atoms. The van der Waals surface area contributed by atoms with E-state index in [4.69, 9.17) is 14.0 Å². The maximum atomic E-state index is 6.60. The van der Waals surface area contributed by atoms with Gasteiger partial charge in [-0.2, -0.15) is 0 Å². The topological polar surface area (TPSA) is 37.4 Å². The molecule has 0 fully saturated rings. The van der Waals surface area contributed by atoms with Gasteiger partial charge in [-0.15, -0.1) is 0 Å². The molecule has 0 bridgehead atoms. The highest BCUT2D eigenvalue weighted by molar-refractivity contribution is 6.39. The highest BCUT2D eigenvalue weighted by Crippen LogP contribution is 2.46. The molecule has 0 N–H and O–H groups in total. The lowest BCUT2D eigenvalue weighted by atomic mass is 10.0. The third-order valence-corrected chi connectivity index (χ3v) is 16.0. The Morgan fingerprint density at radius 2 is 0.365 bits per heavy atom. The van der Waals surface area contributed by atoms with Crippen molar-refractivity contribution in [2.24, 2.45) is 0 Å². The molecule has 15 rings (SSSR count). The number of hydrogen-bond donors (Lipinski definition) is 0. The van der Waals surface area contributed by atoms with Crippen molar-refractivity contribution in [3.05, 3.63) is 325 Å². The highest BCUT2D eigenvalue weighted by Gasteiger charge is 2.31. The Morgan fingerprint density at radius 3 is 0.565 bits per heavy atom. The molecule has 0 spiro atoms. The summed E-state index contributed by atoms with van der Waals surface area (Å²) in [6.07, 6.45) is 13.2. The number of fused-ring (bicyclic) bond motifs is 6. The summed E-state index contributed by atoms with van der Waals surface area (Å²) in [6.45, 7) is 0. The fraction of sp³-hybridized carbons (Fsp3) is 0. The van der Waals surface area contributed by atoms with E-state index in [0.29, 0.717) is 17.2 Å². The number of para-hydroxylation sites is 6. The molecule has 12 aromatic rings. The average Bonchev–Trinajstić information content (AvgIpc) is 3.46. The monoisotopic (exact) mass is 1090 g/mol. The zero-order valence-corrected chi connectivity index (χ0v) is 46.3. The van der Waals surface area contributed by atoms with Crippen LogP contribution >= 0.6 is 0 Å². The fourth-order valence-corrected chi connectivity index (χ4v) is 11.7. The van der Waals surface area contributed by atoms with Crippen LogP contribution in [0, 0.1) is 0 Å². The molecular weight excluding hydrogens is 1040 g/mol. The highest BCUT2D eigenvalue weighted by atomic mass is 16.7. The summed E-state index contributed by atoms with van der Waals surface area (Å²) in [4.78, 5) is 7.01. The minimum Gasteiger partial charge on any atom is -0.490 e. The standard InChI is InChI=1S/C78H54BN3O3/c1-7-19-73-61(13-1)25-26-62-14-2-8-20-74(62)80(73)67-43-31-55(32-44-67)58-37-49-70(50-38-58)83-79(84-71-51-39-59(40-52-71)56-33-45-68(46-34-56)81-75-21-9-3-15-63(75)27-28-64-16-4-10-22-76(64)81)85-72-53-41-60(42-54-72)57-35-47-69(48-36-57)82-77-23-11-5-17-65(77)29-30-66-18-6-12-24-78(66)82/h1-54H. The van der Waals surface area contributed by atoms with Crippen molar-refractivity contribution in [3.8, 4) is 50.6 Å². The Labute approximate surface area is 496 Å². The number of hydrogen-bond acceptors (Lipinski definition) is 6. The first-order valence-electron chi connectivity index (χ1n) is 28.7. The molecule has 12 aromatic carbocycles. The van der Waals surface area contributed by atoms with E-state index in [1.807, 2.05) is 36.4 Å². The second-order valence-corrected chi connectivity index (χ2v) is 21.2. The van der Waals surface area contributed by atoms with E-state index >= 15 is 0 Å². The van der Waals surface area contributed by atoms with E-state index in [-0.39, 0.29) is 0 Å². The first-order chi connectivity index (χ1) is 42.1. The van der Waals surface area contributed by atoms with Crippen LogP contribution in [0.15, 0.2) is 291 Å². The normalized spacial score (nSPS) is 12.5. The van der Waals surface area contributed by atoms with E-state index in [1.54, 1.807) is 0 Å². The van der Waals surface area contributed by atoms with Crippen LogP contribution in [0.1, 0.15) is 33.4 Å². The van der Waals surface area contributed by atoms with E-state index in [1.165, 1.54) is 33.4 Å². The predicted molar refractivity (Wildman–Crippen MR) is 354 cm³/mol. The number of nitrogens with zero attached hydrogens (tertiary/aromatic N) is 3. The van der Waals surface area contributed by atoms with Gasteiger partial charge in [-0.05, 0) is 176 Å². The van der Waals surface area contributed by atoms with E-state index in [0.717, 1.165) is 84.6 Å². The third kappa shape index (κ3) is 10.1. The smallest absolute Gasteiger partial charge is 0.490 e. The summed E-state index contributed by atoms with van der Waals surface area (Å²) >= 11 is 0. The van der Waals surface area contributed by atoms with Crippen molar-refractivity contribution >= 4 is 95.0 Å². The predicted octanol–water partition coefficient (Wildman–Crippen LogP) is 21.1. The van der Waals surface area contributed by atoms with Crippen molar-refractivity contribution in [1.82, 2.24) is 0 Å². The SMILES string of the molecule is C1=Cc2ccccc2N(c2ccc(-c3ccc(OB(Oc4ccc(-c5ccc(N6c7ccccc7C=Cc7ccccc76)cc5)cc4)Oc4ccc(-c5ccc(N6c7ccccc7C=Cc7ccccc76)cc5)cc4)cc3)cc2)c2ccccc21. The molecule has 0 amide bonds. The molecule has 3 aliphatic heterocycles. The average molecular weight is 1090 g/mol. The lowest BCUT2D eigenvalue weighted by Crippen LogP contribution is -2.36. The van der Waals surface area contributed by atoms with Crippen LogP contribution in [0.4, 0.5) is 51.2 Å². The molecule has 7 heteroatoms. The lowest BCUT2D eigenvalue weighted by Gasteiger charge is -2.27. The second-order valence-electron chi connectivity index (χ2n) is 21.2. The Morgan fingerprint density at radius 1 is 0.188 bits per heavy atom. The maximum Gasteiger partial charge on any atom is 0.864 e. The molecule has 0 saturated carbocycles. The summed E-state index contributed by atoms with van der Waals surface area (Å²) in [7, 11) is -1.13. The molecule has 0 saturated heterocycles. The van der Waals surface area contributed by atoms with Gasteiger partial charge in [0.25, 0.3) is 0 Å². The van der Waals surface area contributed by atoms with Gasteiger partial charge in [-0.3, -0.25) is 0 Å². The van der Waals surface area contributed by atoms with Gasteiger partial charge in [0, 0.05) is 17.1 Å². The first-order valence-corrected chi connectivity index (χ1v) is 28.7. The Kier molecular flexibility index (Phi) is 13.3. The zero-order valence-electron chi connectivity index (χ0n) is 46.3. The summed E-state index contributed by atoms with van der Waals surface area (Å²) in [6, 6.07) is 102. The number of rotatable bonds is 12. The van der Waals surface area contributed by atoms with Gasteiger partial charge >= 0.3 is 7.32 Å². The van der Waals surface area contributed by atoms with Gasteiger partial charge in [-0.25, -0.2) is 0 Å². The molecule has 402 valence electrons. The van der Waals surface area contributed by atoms with Crippen LogP contribution in [-0.4, -0.2) is 7.32 Å². The molecule has 3 aliphatic rings. The van der Waals surface area contributed by atoms with Gasteiger partial charge in [-0.1, -0.05) is 218 Å². The van der Waals surface area contributed by atoms with Crippen LogP contribution in [-0.2, 0) is 0 Å². The fourth-order valence-electron chi connectivity index (χ4n) is 11.7. The molecule has 6 nitrogen and oxygen atoms in total. The summed E-state index contributed by atoms with van der Waals surface area (Å²) in [5, 5.41) is 0. The largest absolute Gasteiger partial charge is 0.864 e. The molecule has 0 unspecified atom stereocenters. The molecule has 3 heterocycles. The van der Waals surface area contributed by atoms with Gasteiger partial charge in [0.15, 0.2) is 0 Å². The van der Waals surface area contributed by atoms with Crippen LogP contribution in [0.5, 0.6) is 17.2 Å². The summed E-state index contributed by atoms with van der Waals surface area (Å²) in [5.41, 5.74) is 23.5.